The van der Waals surface area contributed by atoms with Crippen molar-refractivity contribution in [1.82, 2.24) is 20.4 Å². The molecule has 0 spiro atoms. The van der Waals surface area contributed by atoms with Crippen molar-refractivity contribution >= 4 is 6.03 Å². The minimum atomic E-state index is -0.123. The summed E-state index contributed by atoms with van der Waals surface area (Å²) in [5.41, 5.74) is 2.79. The number of urea groups is 1. The fraction of sp³-hybridized carbons (Fsp3) is 0.471. The molecule has 0 aromatic carbocycles. The quantitative estimate of drug-likeness (QED) is 0.920. The second-order valence-electron chi connectivity index (χ2n) is 5.90. The van der Waals surface area contributed by atoms with Gasteiger partial charge in [0.25, 0.3) is 0 Å². The molecule has 0 saturated heterocycles. The summed E-state index contributed by atoms with van der Waals surface area (Å²) in [6.07, 6.45) is 2.43. The zero-order chi connectivity index (χ0) is 17.0. The Bertz CT molecular complexity index is 634. The molecule has 6 nitrogen and oxygen atoms in total. The summed E-state index contributed by atoms with van der Waals surface area (Å²) >= 11 is 0. The molecular formula is C17H24N4O2. The van der Waals surface area contributed by atoms with Gasteiger partial charge in [0.15, 0.2) is 0 Å². The largest absolute Gasteiger partial charge is 0.361 e. The third kappa shape index (κ3) is 4.09. The number of hydrogen-bond acceptors (Lipinski definition) is 4. The molecule has 2 unspecified atom stereocenters. The van der Waals surface area contributed by atoms with Crippen LogP contribution >= 0.6 is 0 Å². The van der Waals surface area contributed by atoms with Gasteiger partial charge in [-0.25, -0.2) is 4.79 Å². The number of aromatic nitrogens is 2. The van der Waals surface area contributed by atoms with Gasteiger partial charge >= 0.3 is 6.03 Å². The first-order valence-electron chi connectivity index (χ1n) is 7.76. The number of hydrogen-bond donors (Lipinski definition) is 1. The maximum atomic E-state index is 12.4. The number of aryl methyl sites for hydroxylation is 2. The Morgan fingerprint density at radius 2 is 2.09 bits per heavy atom. The van der Waals surface area contributed by atoms with Gasteiger partial charge in [-0.1, -0.05) is 11.2 Å². The van der Waals surface area contributed by atoms with Gasteiger partial charge in [-0.2, -0.15) is 0 Å². The number of nitrogens with zero attached hydrogens (tertiary/aromatic N) is 3. The molecule has 0 saturated carbocycles. The lowest BCUT2D eigenvalue weighted by atomic mass is 10.1. The molecule has 2 aromatic rings. The molecule has 2 rings (SSSR count). The third-order valence-corrected chi connectivity index (χ3v) is 4.08. The van der Waals surface area contributed by atoms with Crippen LogP contribution in [0.4, 0.5) is 4.79 Å². The molecule has 0 aliphatic heterocycles. The van der Waals surface area contributed by atoms with Crippen LogP contribution in [0.5, 0.6) is 0 Å². The molecule has 23 heavy (non-hydrogen) atoms. The molecule has 0 radical (unpaired) electrons. The van der Waals surface area contributed by atoms with E-state index in [0.717, 1.165) is 22.7 Å². The SMILES string of the molecule is Cc1noc(C)c1CC(C)NC(=O)N(C)C(C)c1ccccn1. The Balaban J connectivity index is 1.95. The third-order valence-electron chi connectivity index (χ3n) is 4.08. The molecule has 2 heterocycles. The summed E-state index contributed by atoms with van der Waals surface area (Å²) in [5.74, 6) is 0.804. The topological polar surface area (TPSA) is 71.3 Å². The van der Waals surface area contributed by atoms with Crippen LogP contribution in [0.15, 0.2) is 28.9 Å². The molecule has 2 aromatic heterocycles. The highest BCUT2D eigenvalue weighted by atomic mass is 16.5. The number of nitrogens with one attached hydrogen (secondary N) is 1. The fourth-order valence-corrected chi connectivity index (χ4v) is 2.46. The Labute approximate surface area is 136 Å². The molecule has 0 fully saturated rings. The second kappa shape index (κ2) is 7.26. The van der Waals surface area contributed by atoms with Gasteiger partial charge < -0.3 is 14.7 Å². The van der Waals surface area contributed by atoms with Crippen LogP contribution in [0.25, 0.3) is 0 Å². The first-order valence-corrected chi connectivity index (χ1v) is 7.76. The Hall–Kier alpha value is -2.37. The number of carbonyl (C=O) groups is 1. The lowest BCUT2D eigenvalue weighted by molar-refractivity contribution is 0.190. The Morgan fingerprint density at radius 3 is 2.65 bits per heavy atom. The summed E-state index contributed by atoms with van der Waals surface area (Å²) < 4.78 is 5.16. The first kappa shape index (κ1) is 17.0. The standard InChI is InChI=1S/C17H24N4O2/c1-11(10-15-12(2)20-23-14(15)4)19-17(22)21(5)13(3)16-8-6-7-9-18-16/h6-9,11,13H,10H2,1-5H3,(H,19,22). The van der Waals surface area contributed by atoms with Crippen LogP contribution in [-0.4, -0.2) is 34.2 Å². The van der Waals surface area contributed by atoms with Crippen LogP contribution in [0.1, 0.15) is 42.6 Å². The maximum Gasteiger partial charge on any atom is 0.317 e. The maximum absolute atomic E-state index is 12.4. The van der Waals surface area contributed by atoms with Crippen molar-refractivity contribution in [3.05, 3.63) is 47.1 Å². The van der Waals surface area contributed by atoms with E-state index in [2.05, 4.69) is 15.5 Å². The Morgan fingerprint density at radius 1 is 1.35 bits per heavy atom. The normalized spacial score (nSPS) is 13.4. The molecule has 1 N–H and O–H groups in total. The van der Waals surface area contributed by atoms with Crippen LogP contribution in [0.3, 0.4) is 0 Å². The summed E-state index contributed by atoms with van der Waals surface area (Å²) in [5, 5.41) is 6.96. The van der Waals surface area contributed by atoms with Crippen LogP contribution in [0, 0.1) is 13.8 Å². The predicted octanol–water partition coefficient (Wildman–Crippen LogP) is 3.02. The van der Waals surface area contributed by atoms with E-state index in [1.165, 1.54) is 0 Å². The van der Waals surface area contributed by atoms with Gasteiger partial charge in [-0.3, -0.25) is 4.98 Å². The number of amides is 2. The lowest BCUT2D eigenvalue weighted by Crippen LogP contribution is -2.43. The van der Waals surface area contributed by atoms with Crippen LogP contribution in [0.2, 0.25) is 0 Å². The highest BCUT2D eigenvalue weighted by Crippen LogP contribution is 2.17. The van der Waals surface area contributed by atoms with E-state index >= 15 is 0 Å². The lowest BCUT2D eigenvalue weighted by Gasteiger charge is -2.26. The van der Waals surface area contributed by atoms with Crippen molar-refractivity contribution in [2.24, 2.45) is 0 Å². The van der Waals surface area contributed by atoms with Crippen molar-refractivity contribution in [3.63, 3.8) is 0 Å². The zero-order valence-electron chi connectivity index (χ0n) is 14.3. The molecule has 2 atom stereocenters. The predicted molar refractivity (Wildman–Crippen MR) is 88.1 cm³/mol. The van der Waals surface area contributed by atoms with E-state index in [9.17, 15) is 4.79 Å². The summed E-state index contributed by atoms with van der Waals surface area (Å²) in [4.78, 5) is 18.4. The van der Waals surface area contributed by atoms with E-state index in [1.807, 2.05) is 45.9 Å². The van der Waals surface area contributed by atoms with Gasteiger partial charge in [0.2, 0.25) is 0 Å². The van der Waals surface area contributed by atoms with Gasteiger partial charge in [-0.05, 0) is 46.2 Å². The molecule has 124 valence electrons. The van der Waals surface area contributed by atoms with Gasteiger partial charge in [0, 0.05) is 24.8 Å². The zero-order valence-corrected chi connectivity index (χ0v) is 14.3. The number of pyridine rings is 1. The average molecular weight is 316 g/mol. The van der Waals surface area contributed by atoms with Crippen LogP contribution < -0.4 is 5.32 Å². The van der Waals surface area contributed by atoms with E-state index in [-0.39, 0.29) is 18.1 Å². The van der Waals surface area contributed by atoms with Crippen molar-refractivity contribution in [2.75, 3.05) is 7.05 Å². The molecule has 0 aliphatic rings. The summed E-state index contributed by atoms with van der Waals surface area (Å²) in [7, 11) is 1.78. The van der Waals surface area contributed by atoms with Crippen molar-refractivity contribution in [2.45, 2.75) is 46.2 Å². The second-order valence-corrected chi connectivity index (χ2v) is 5.90. The van der Waals surface area contributed by atoms with E-state index < -0.39 is 0 Å². The summed E-state index contributed by atoms with van der Waals surface area (Å²) in [6, 6.07) is 5.47. The van der Waals surface area contributed by atoms with Crippen molar-refractivity contribution < 1.29 is 9.32 Å². The van der Waals surface area contributed by atoms with E-state index in [4.69, 9.17) is 4.52 Å². The van der Waals surface area contributed by atoms with Gasteiger partial charge in [-0.15, -0.1) is 0 Å². The van der Waals surface area contributed by atoms with Crippen molar-refractivity contribution in [3.8, 4) is 0 Å². The highest BCUT2D eigenvalue weighted by molar-refractivity contribution is 5.74. The molecular weight excluding hydrogens is 292 g/mol. The van der Waals surface area contributed by atoms with Crippen molar-refractivity contribution in [1.29, 1.82) is 0 Å². The van der Waals surface area contributed by atoms with E-state index in [0.29, 0.717) is 6.42 Å². The van der Waals surface area contributed by atoms with E-state index in [1.54, 1.807) is 18.1 Å². The van der Waals surface area contributed by atoms with Gasteiger partial charge in [0.05, 0.1) is 17.4 Å². The Kier molecular flexibility index (Phi) is 5.36. The highest BCUT2D eigenvalue weighted by Gasteiger charge is 2.21. The van der Waals surface area contributed by atoms with Gasteiger partial charge in [0.1, 0.15) is 5.76 Å². The fourth-order valence-electron chi connectivity index (χ4n) is 2.46. The van der Waals surface area contributed by atoms with Crippen LogP contribution in [-0.2, 0) is 6.42 Å². The smallest absolute Gasteiger partial charge is 0.317 e. The number of rotatable bonds is 5. The number of carbonyl (C=O) groups excluding carboxylic acids is 1. The molecule has 0 bridgehead atoms. The molecule has 0 aliphatic carbocycles. The molecule has 2 amide bonds. The molecule has 6 heteroatoms. The average Bonchev–Trinajstić information content (AvgIpc) is 2.86. The first-order chi connectivity index (χ1) is 10.9. The minimum absolute atomic E-state index is 0.0160. The minimum Gasteiger partial charge on any atom is -0.361 e. The monoisotopic (exact) mass is 316 g/mol. The summed E-state index contributed by atoms with van der Waals surface area (Å²) in [6.45, 7) is 7.73.